The summed E-state index contributed by atoms with van der Waals surface area (Å²) in [6.07, 6.45) is 6.79. The fraction of sp³-hybridized carbons (Fsp3) is 1.00. The molecular formula is C13H23NO2. The lowest BCUT2D eigenvalue weighted by atomic mass is 9.88. The average Bonchev–Trinajstić information content (AvgIpc) is 3.03. The summed E-state index contributed by atoms with van der Waals surface area (Å²) in [5.41, 5.74) is 0.167. The predicted octanol–water partition coefficient (Wildman–Crippen LogP) is 1.67. The van der Waals surface area contributed by atoms with E-state index in [0.717, 1.165) is 18.9 Å². The van der Waals surface area contributed by atoms with Crippen molar-refractivity contribution >= 4 is 0 Å². The Morgan fingerprint density at radius 1 is 1.31 bits per heavy atom. The van der Waals surface area contributed by atoms with Gasteiger partial charge in [-0.1, -0.05) is 0 Å². The molecule has 3 heteroatoms. The van der Waals surface area contributed by atoms with Gasteiger partial charge in [0, 0.05) is 33.2 Å². The normalized spacial score (nSPS) is 34.7. The van der Waals surface area contributed by atoms with Gasteiger partial charge >= 0.3 is 0 Å². The van der Waals surface area contributed by atoms with Crippen molar-refractivity contribution in [1.29, 1.82) is 0 Å². The van der Waals surface area contributed by atoms with E-state index in [1.807, 2.05) is 0 Å². The van der Waals surface area contributed by atoms with E-state index in [2.05, 4.69) is 4.90 Å². The van der Waals surface area contributed by atoms with Crippen LogP contribution in [0.3, 0.4) is 0 Å². The maximum atomic E-state index is 6.00. The lowest BCUT2D eigenvalue weighted by Crippen LogP contribution is -2.44. The zero-order valence-electron chi connectivity index (χ0n) is 10.3. The van der Waals surface area contributed by atoms with Gasteiger partial charge in [-0.15, -0.1) is 0 Å². The number of nitrogens with zero attached hydrogens (tertiary/aromatic N) is 1. The van der Waals surface area contributed by atoms with Crippen LogP contribution in [0.4, 0.5) is 0 Å². The molecular weight excluding hydrogens is 202 g/mol. The van der Waals surface area contributed by atoms with Crippen LogP contribution in [0.1, 0.15) is 32.1 Å². The van der Waals surface area contributed by atoms with E-state index in [9.17, 15) is 0 Å². The number of rotatable bonds is 3. The molecule has 1 aliphatic carbocycles. The van der Waals surface area contributed by atoms with Gasteiger partial charge in [0.15, 0.2) is 0 Å². The summed E-state index contributed by atoms with van der Waals surface area (Å²) < 4.78 is 11.4. The summed E-state index contributed by atoms with van der Waals surface area (Å²) in [6.45, 7) is 4.60. The van der Waals surface area contributed by atoms with E-state index in [4.69, 9.17) is 9.47 Å². The topological polar surface area (TPSA) is 21.7 Å². The third kappa shape index (κ3) is 2.27. The second kappa shape index (κ2) is 4.28. The third-order valence-corrected chi connectivity index (χ3v) is 4.49. The zero-order chi connectivity index (χ0) is 11.0. The highest BCUT2D eigenvalue weighted by Crippen LogP contribution is 2.38. The average molecular weight is 225 g/mol. The first-order valence-corrected chi connectivity index (χ1v) is 6.69. The van der Waals surface area contributed by atoms with Crippen LogP contribution in [0.2, 0.25) is 0 Å². The smallest absolute Gasteiger partial charge is 0.0832 e. The molecule has 3 fully saturated rings. The maximum Gasteiger partial charge on any atom is 0.0832 e. The van der Waals surface area contributed by atoms with Gasteiger partial charge in [-0.2, -0.15) is 0 Å². The van der Waals surface area contributed by atoms with Crippen LogP contribution < -0.4 is 0 Å². The molecule has 1 saturated carbocycles. The molecule has 1 spiro atoms. The fourth-order valence-corrected chi connectivity index (χ4v) is 3.11. The van der Waals surface area contributed by atoms with E-state index in [1.165, 1.54) is 45.3 Å². The molecule has 3 rings (SSSR count). The van der Waals surface area contributed by atoms with E-state index in [0.29, 0.717) is 6.10 Å². The number of hydrogen-bond donors (Lipinski definition) is 0. The minimum Gasteiger partial charge on any atom is -0.379 e. The van der Waals surface area contributed by atoms with Gasteiger partial charge in [-0.05, 0) is 31.6 Å². The Morgan fingerprint density at radius 2 is 2.06 bits per heavy atom. The van der Waals surface area contributed by atoms with Gasteiger partial charge in [0.25, 0.3) is 0 Å². The first-order chi connectivity index (χ1) is 7.80. The summed E-state index contributed by atoms with van der Waals surface area (Å²) >= 11 is 0. The third-order valence-electron chi connectivity index (χ3n) is 4.49. The molecule has 3 aliphatic rings. The van der Waals surface area contributed by atoms with E-state index in [-0.39, 0.29) is 5.60 Å². The number of likely N-dealkylation sites (tertiary alicyclic amines) is 1. The molecule has 92 valence electrons. The van der Waals surface area contributed by atoms with Crippen molar-refractivity contribution in [3.05, 3.63) is 0 Å². The van der Waals surface area contributed by atoms with Crippen molar-refractivity contribution in [3.8, 4) is 0 Å². The molecule has 2 heterocycles. The van der Waals surface area contributed by atoms with Crippen molar-refractivity contribution in [2.75, 3.05) is 33.4 Å². The van der Waals surface area contributed by atoms with Crippen LogP contribution in [0.25, 0.3) is 0 Å². The Morgan fingerprint density at radius 3 is 2.62 bits per heavy atom. The minimum atomic E-state index is 0.167. The summed E-state index contributed by atoms with van der Waals surface area (Å²) in [5, 5.41) is 0. The van der Waals surface area contributed by atoms with Gasteiger partial charge in [0.05, 0.1) is 18.3 Å². The highest BCUT2D eigenvalue weighted by atomic mass is 16.6. The second-order valence-corrected chi connectivity index (χ2v) is 5.80. The Kier molecular flexibility index (Phi) is 2.94. The molecule has 16 heavy (non-hydrogen) atoms. The lowest BCUT2D eigenvalue weighted by molar-refractivity contribution is -0.0452. The zero-order valence-corrected chi connectivity index (χ0v) is 10.3. The fourth-order valence-electron chi connectivity index (χ4n) is 3.11. The molecule has 0 N–H and O–H groups in total. The molecule has 0 unspecified atom stereocenters. The number of piperidine rings is 1. The number of ether oxygens (including phenoxy) is 2. The van der Waals surface area contributed by atoms with Crippen molar-refractivity contribution < 1.29 is 9.47 Å². The Balaban J connectivity index is 1.49. The lowest BCUT2D eigenvalue weighted by Gasteiger charge is -2.38. The van der Waals surface area contributed by atoms with Gasteiger partial charge in [0.1, 0.15) is 0 Å². The van der Waals surface area contributed by atoms with Gasteiger partial charge in [-0.3, -0.25) is 0 Å². The largest absolute Gasteiger partial charge is 0.379 e. The van der Waals surface area contributed by atoms with Crippen LogP contribution in [-0.4, -0.2) is 50.0 Å². The van der Waals surface area contributed by atoms with E-state index in [1.54, 1.807) is 7.11 Å². The molecule has 3 nitrogen and oxygen atoms in total. The van der Waals surface area contributed by atoms with E-state index < -0.39 is 0 Å². The molecule has 0 aromatic carbocycles. The SMILES string of the molecule is CO[C@H]1COC2(CCN(CC3CC3)CC2)C1. The van der Waals surface area contributed by atoms with Crippen LogP contribution in [0.5, 0.6) is 0 Å². The summed E-state index contributed by atoms with van der Waals surface area (Å²) in [4.78, 5) is 2.63. The van der Waals surface area contributed by atoms with E-state index >= 15 is 0 Å². The maximum absolute atomic E-state index is 6.00. The monoisotopic (exact) mass is 225 g/mol. The Bertz CT molecular complexity index is 244. The van der Waals surface area contributed by atoms with Crippen LogP contribution in [0.15, 0.2) is 0 Å². The Labute approximate surface area is 98.1 Å². The molecule has 0 bridgehead atoms. The quantitative estimate of drug-likeness (QED) is 0.729. The molecule has 0 amide bonds. The molecule has 2 saturated heterocycles. The van der Waals surface area contributed by atoms with Crippen molar-refractivity contribution in [2.24, 2.45) is 5.92 Å². The number of hydrogen-bond acceptors (Lipinski definition) is 3. The Hall–Kier alpha value is -0.120. The highest BCUT2D eigenvalue weighted by Gasteiger charge is 2.43. The first-order valence-electron chi connectivity index (χ1n) is 6.69. The van der Waals surface area contributed by atoms with Crippen molar-refractivity contribution in [1.82, 2.24) is 4.90 Å². The van der Waals surface area contributed by atoms with Gasteiger partial charge < -0.3 is 14.4 Å². The van der Waals surface area contributed by atoms with Crippen molar-refractivity contribution in [2.45, 2.75) is 43.8 Å². The molecule has 0 aromatic rings. The molecule has 1 atom stereocenters. The predicted molar refractivity (Wildman–Crippen MR) is 62.5 cm³/mol. The second-order valence-electron chi connectivity index (χ2n) is 5.80. The van der Waals surface area contributed by atoms with Gasteiger partial charge in [0.2, 0.25) is 0 Å². The molecule has 2 aliphatic heterocycles. The number of methoxy groups -OCH3 is 1. The molecule has 0 aromatic heterocycles. The summed E-state index contributed by atoms with van der Waals surface area (Å²) in [7, 11) is 1.80. The van der Waals surface area contributed by atoms with Crippen molar-refractivity contribution in [3.63, 3.8) is 0 Å². The summed E-state index contributed by atoms with van der Waals surface area (Å²) in [6, 6.07) is 0. The van der Waals surface area contributed by atoms with Crippen LogP contribution in [-0.2, 0) is 9.47 Å². The standard InChI is InChI=1S/C13H23NO2/c1-15-12-8-13(16-10-12)4-6-14(7-5-13)9-11-2-3-11/h11-12H,2-10H2,1H3/t12-/m1/s1. The minimum absolute atomic E-state index is 0.167. The highest BCUT2D eigenvalue weighted by molar-refractivity contribution is 4.94. The molecule has 0 radical (unpaired) electrons. The van der Waals surface area contributed by atoms with Crippen LogP contribution >= 0.6 is 0 Å². The van der Waals surface area contributed by atoms with Gasteiger partial charge in [-0.25, -0.2) is 0 Å². The first kappa shape index (κ1) is 11.0. The summed E-state index contributed by atoms with van der Waals surface area (Å²) in [5.74, 6) is 1.02. The van der Waals surface area contributed by atoms with Crippen LogP contribution in [0, 0.1) is 5.92 Å².